The Bertz CT molecular complexity index is 772. The van der Waals surface area contributed by atoms with E-state index in [2.05, 4.69) is 25.4 Å². The molecule has 0 aliphatic rings. The number of azo groups is 1. The molecule has 0 bridgehead atoms. The highest BCUT2D eigenvalue weighted by atomic mass is 32.1. The van der Waals surface area contributed by atoms with Crippen LogP contribution in [0.2, 0.25) is 0 Å². The number of ether oxygens (including phenoxy) is 1. The lowest BCUT2D eigenvalue weighted by atomic mass is 10.3. The summed E-state index contributed by atoms with van der Waals surface area (Å²) in [6.07, 6.45) is 0. The van der Waals surface area contributed by atoms with Gasteiger partial charge in [0, 0.05) is 6.07 Å². The van der Waals surface area contributed by atoms with E-state index in [0.717, 1.165) is 16.0 Å². The number of anilines is 2. The Morgan fingerprint density at radius 3 is 2.85 bits per heavy atom. The van der Waals surface area contributed by atoms with Gasteiger partial charge in [0.1, 0.15) is 11.6 Å². The highest BCUT2D eigenvalue weighted by Crippen LogP contribution is 2.33. The number of nitrogens with zero attached hydrogens (tertiary/aromatic N) is 4. The van der Waals surface area contributed by atoms with Crippen molar-refractivity contribution in [3.8, 4) is 5.75 Å². The van der Waals surface area contributed by atoms with Gasteiger partial charge in [0.25, 0.3) is 0 Å². The molecule has 3 rings (SSSR count). The number of hydrogen-bond acceptors (Lipinski definition) is 8. The standard InChI is InChI=1S/C11H11N7OS/c1-19-5-2-3-7-6(4-5)14-11(20-7)18-15-8-9(12)16-17-10(8)13/h2-4H,1H3,(H5,12,13,16,17). The maximum Gasteiger partial charge on any atom is 0.231 e. The van der Waals surface area contributed by atoms with E-state index in [-0.39, 0.29) is 11.6 Å². The highest BCUT2D eigenvalue weighted by Gasteiger charge is 2.08. The third-order valence-electron chi connectivity index (χ3n) is 2.61. The average molecular weight is 289 g/mol. The Morgan fingerprint density at radius 2 is 2.15 bits per heavy atom. The van der Waals surface area contributed by atoms with Gasteiger partial charge in [-0.1, -0.05) is 11.3 Å². The van der Waals surface area contributed by atoms with E-state index in [1.54, 1.807) is 7.11 Å². The van der Waals surface area contributed by atoms with Crippen LogP contribution in [0, 0.1) is 0 Å². The van der Waals surface area contributed by atoms with Gasteiger partial charge in [-0.05, 0) is 12.1 Å². The first-order valence-corrected chi connectivity index (χ1v) is 6.44. The van der Waals surface area contributed by atoms with E-state index in [4.69, 9.17) is 16.2 Å². The molecule has 0 atom stereocenters. The number of benzene rings is 1. The fraction of sp³-hybridized carbons (Fsp3) is 0.0909. The summed E-state index contributed by atoms with van der Waals surface area (Å²) >= 11 is 1.41. The van der Waals surface area contributed by atoms with E-state index in [1.165, 1.54) is 11.3 Å². The molecule has 0 saturated carbocycles. The molecule has 3 aromatic rings. The van der Waals surface area contributed by atoms with Crippen LogP contribution < -0.4 is 16.2 Å². The minimum absolute atomic E-state index is 0.203. The molecule has 8 nitrogen and oxygen atoms in total. The molecule has 0 radical (unpaired) electrons. The predicted molar refractivity (Wildman–Crippen MR) is 77.8 cm³/mol. The normalized spacial score (nSPS) is 11.4. The van der Waals surface area contributed by atoms with Crippen molar-refractivity contribution in [1.82, 2.24) is 15.2 Å². The number of nitrogens with one attached hydrogen (secondary N) is 1. The third kappa shape index (κ3) is 2.14. The number of fused-ring (bicyclic) bond motifs is 1. The zero-order valence-corrected chi connectivity index (χ0v) is 11.3. The quantitative estimate of drug-likeness (QED) is 0.638. The molecule has 20 heavy (non-hydrogen) atoms. The number of methoxy groups -OCH3 is 1. The lowest BCUT2D eigenvalue weighted by Crippen LogP contribution is -1.84. The van der Waals surface area contributed by atoms with Gasteiger partial charge in [0.15, 0.2) is 11.5 Å². The van der Waals surface area contributed by atoms with Crippen molar-refractivity contribution in [2.24, 2.45) is 10.2 Å². The summed E-state index contributed by atoms with van der Waals surface area (Å²) in [4.78, 5) is 4.35. The summed E-state index contributed by atoms with van der Waals surface area (Å²) in [5.41, 5.74) is 12.4. The van der Waals surface area contributed by atoms with Gasteiger partial charge >= 0.3 is 0 Å². The van der Waals surface area contributed by atoms with Crippen molar-refractivity contribution in [2.45, 2.75) is 0 Å². The van der Waals surface area contributed by atoms with Crippen LogP contribution in [0.25, 0.3) is 10.2 Å². The Morgan fingerprint density at radius 1 is 1.30 bits per heavy atom. The van der Waals surface area contributed by atoms with Crippen molar-refractivity contribution < 1.29 is 4.74 Å². The van der Waals surface area contributed by atoms with Crippen LogP contribution >= 0.6 is 11.3 Å². The van der Waals surface area contributed by atoms with Crippen molar-refractivity contribution in [1.29, 1.82) is 0 Å². The Balaban J connectivity index is 1.95. The summed E-state index contributed by atoms with van der Waals surface area (Å²) in [6, 6.07) is 5.63. The highest BCUT2D eigenvalue weighted by molar-refractivity contribution is 7.21. The molecular formula is C11H11N7OS. The first-order chi connectivity index (χ1) is 9.67. The summed E-state index contributed by atoms with van der Waals surface area (Å²) < 4.78 is 6.14. The van der Waals surface area contributed by atoms with Gasteiger partial charge in [0.05, 0.1) is 17.3 Å². The lowest BCUT2D eigenvalue weighted by molar-refractivity contribution is 0.415. The zero-order chi connectivity index (χ0) is 14.1. The fourth-order valence-electron chi connectivity index (χ4n) is 1.63. The molecule has 0 aliphatic carbocycles. The van der Waals surface area contributed by atoms with Gasteiger partial charge in [-0.2, -0.15) is 5.10 Å². The van der Waals surface area contributed by atoms with E-state index < -0.39 is 0 Å². The molecule has 102 valence electrons. The maximum atomic E-state index is 5.63. The number of H-pyrrole nitrogens is 1. The van der Waals surface area contributed by atoms with Crippen LogP contribution in [-0.2, 0) is 0 Å². The van der Waals surface area contributed by atoms with Crippen LogP contribution in [0.15, 0.2) is 28.4 Å². The maximum absolute atomic E-state index is 5.63. The van der Waals surface area contributed by atoms with E-state index >= 15 is 0 Å². The second kappa shape index (κ2) is 4.78. The van der Waals surface area contributed by atoms with Gasteiger partial charge in [-0.25, -0.2) is 4.98 Å². The summed E-state index contributed by atoms with van der Waals surface area (Å²) in [5.74, 6) is 1.22. The molecule has 0 saturated heterocycles. The molecule has 1 aromatic carbocycles. The number of hydrogen-bond donors (Lipinski definition) is 3. The summed E-state index contributed by atoms with van der Waals surface area (Å²) in [7, 11) is 1.61. The Kier molecular flexibility index (Phi) is 2.95. The largest absolute Gasteiger partial charge is 0.497 e. The van der Waals surface area contributed by atoms with E-state index in [1.807, 2.05) is 18.2 Å². The SMILES string of the molecule is COc1ccc2sc(N=Nc3c(N)n[nH]c3N)nc2c1. The van der Waals surface area contributed by atoms with E-state index in [0.29, 0.717) is 10.8 Å². The lowest BCUT2D eigenvalue weighted by Gasteiger charge is -1.96. The first kappa shape index (κ1) is 12.4. The molecule has 0 aliphatic heterocycles. The number of aromatic amines is 1. The number of rotatable bonds is 3. The number of nitrogen functional groups attached to an aromatic ring is 2. The second-order valence-electron chi connectivity index (χ2n) is 3.90. The molecule has 0 spiro atoms. The molecule has 5 N–H and O–H groups in total. The van der Waals surface area contributed by atoms with Gasteiger partial charge in [0.2, 0.25) is 5.13 Å². The number of aromatic nitrogens is 3. The zero-order valence-electron chi connectivity index (χ0n) is 10.5. The molecule has 0 unspecified atom stereocenters. The first-order valence-electron chi connectivity index (χ1n) is 5.63. The van der Waals surface area contributed by atoms with Crippen LogP contribution in [0.1, 0.15) is 0 Å². The topological polar surface area (TPSA) is 128 Å². The van der Waals surface area contributed by atoms with Crippen LogP contribution in [-0.4, -0.2) is 22.3 Å². The smallest absolute Gasteiger partial charge is 0.231 e. The van der Waals surface area contributed by atoms with Crippen LogP contribution in [0.4, 0.5) is 22.5 Å². The second-order valence-corrected chi connectivity index (χ2v) is 4.91. The molecular weight excluding hydrogens is 278 g/mol. The molecule has 2 heterocycles. The summed E-state index contributed by atoms with van der Waals surface area (Å²) in [6.45, 7) is 0. The number of nitrogens with two attached hydrogens (primary N) is 2. The average Bonchev–Trinajstić information content (AvgIpc) is 2.99. The van der Waals surface area contributed by atoms with Gasteiger partial charge < -0.3 is 16.2 Å². The van der Waals surface area contributed by atoms with Gasteiger partial charge in [-0.15, -0.1) is 10.2 Å². The predicted octanol–water partition coefficient (Wildman–Crippen LogP) is 2.61. The molecule has 9 heteroatoms. The van der Waals surface area contributed by atoms with E-state index in [9.17, 15) is 0 Å². The van der Waals surface area contributed by atoms with Crippen molar-refractivity contribution in [3.63, 3.8) is 0 Å². The molecule has 0 fully saturated rings. The Labute approximate surface area is 117 Å². The molecule has 0 amide bonds. The fourth-order valence-corrected chi connectivity index (χ4v) is 2.39. The summed E-state index contributed by atoms with van der Waals surface area (Å²) in [5, 5.41) is 14.8. The van der Waals surface area contributed by atoms with Crippen LogP contribution in [0.5, 0.6) is 5.75 Å². The minimum atomic E-state index is 0.203. The number of thiazole rings is 1. The van der Waals surface area contributed by atoms with Crippen molar-refractivity contribution in [3.05, 3.63) is 18.2 Å². The van der Waals surface area contributed by atoms with Crippen LogP contribution in [0.3, 0.4) is 0 Å². The molecule has 2 aromatic heterocycles. The monoisotopic (exact) mass is 289 g/mol. The third-order valence-corrected chi connectivity index (χ3v) is 3.53. The minimum Gasteiger partial charge on any atom is -0.497 e. The van der Waals surface area contributed by atoms with Crippen molar-refractivity contribution >= 4 is 44.0 Å². The Hall–Kier alpha value is -2.68. The van der Waals surface area contributed by atoms with Crippen molar-refractivity contribution in [2.75, 3.05) is 18.6 Å². The van der Waals surface area contributed by atoms with Gasteiger partial charge in [-0.3, -0.25) is 5.10 Å².